The zero-order chi connectivity index (χ0) is 17.2. The standard InChI is InChI=1S/C15H13N3O4S/c1-11-6-5-8-13(12(11)2)17(10-16)23(21,22)15-9-4-3-7-14(15)18(19)20/h3-9H,1-2H3. The predicted molar refractivity (Wildman–Crippen MR) is 84.3 cm³/mol. The van der Waals surface area contributed by atoms with Gasteiger partial charge in [0.2, 0.25) is 0 Å². The molecule has 0 amide bonds. The molecule has 0 unspecified atom stereocenters. The van der Waals surface area contributed by atoms with Gasteiger partial charge in [-0.15, -0.1) is 0 Å². The van der Waals surface area contributed by atoms with E-state index in [1.165, 1.54) is 18.2 Å². The van der Waals surface area contributed by atoms with Crippen LogP contribution in [-0.4, -0.2) is 13.3 Å². The molecule has 0 aliphatic heterocycles. The van der Waals surface area contributed by atoms with E-state index >= 15 is 0 Å². The molecule has 2 aromatic rings. The Kier molecular flexibility index (Phi) is 4.33. The second-order valence-corrected chi connectivity index (χ2v) is 6.57. The molecule has 0 saturated carbocycles. The molecular formula is C15H13N3O4S. The minimum Gasteiger partial charge on any atom is -0.258 e. The SMILES string of the molecule is Cc1cccc(N(C#N)S(=O)(=O)c2ccccc2[N+](=O)[O-])c1C. The lowest BCUT2D eigenvalue weighted by Crippen LogP contribution is -2.27. The second-order valence-electron chi connectivity index (χ2n) is 4.81. The number of nitro benzene ring substituents is 1. The smallest absolute Gasteiger partial charge is 0.258 e. The van der Waals surface area contributed by atoms with E-state index in [0.717, 1.165) is 17.7 Å². The second kappa shape index (κ2) is 6.06. The zero-order valence-electron chi connectivity index (χ0n) is 12.4. The molecule has 0 aliphatic carbocycles. The van der Waals surface area contributed by atoms with E-state index in [0.29, 0.717) is 9.87 Å². The average Bonchev–Trinajstić information content (AvgIpc) is 2.52. The number of nitrogens with zero attached hydrogens (tertiary/aromatic N) is 3. The van der Waals surface area contributed by atoms with Crippen molar-refractivity contribution < 1.29 is 13.3 Å². The number of nitro groups is 1. The first-order valence-corrected chi connectivity index (χ1v) is 7.99. The molecule has 0 N–H and O–H groups in total. The van der Waals surface area contributed by atoms with Gasteiger partial charge in [-0.1, -0.05) is 24.3 Å². The van der Waals surface area contributed by atoms with Gasteiger partial charge in [0.1, 0.15) is 0 Å². The van der Waals surface area contributed by atoms with Crippen molar-refractivity contribution in [3.8, 4) is 6.19 Å². The van der Waals surface area contributed by atoms with Crippen molar-refractivity contribution in [1.29, 1.82) is 5.26 Å². The summed E-state index contributed by atoms with van der Waals surface area (Å²) in [4.78, 5) is 9.77. The van der Waals surface area contributed by atoms with Gasteiger partial charge in [-0.25, -0.2) is 0 Å². The molecule has 0 bridgehead atoms. The summed E-state index contributed by atoms with van der Waals surface area (Å²) in [5, 5.41) is 20.4. The monoisotopic (exact) mass is 331 g/mol. The van der Waals surface area contributed by atoms with Gasteiger partial charge < -0.3 is 0 Å². The summed E-state index contributed by atoms with van der Waals surface area (Å²) >= 11 is 0. The van der Waals surface area contributed by atoms with Gasteiger partial charge in [-0.3, -0.25) is 10.1 Å². The molecule has 0 radical (unpaired) electrons. The average molecular weight is 331 g/mol. The van der Waals surface area contributed by atoms with Crippen LogP contribution in [-0.2, 0) is 10.0 Å². The molecule has 0 aliphatic rings. The number of sulfonamides is 1. The van der Waals surface area contributed by atoms with E-state index in [4.69, 9.17) is 0 Å². The van der Waals surface area contributed by atoms with E-state index in [9.17, 15) is 23.8 Å². The Labute approximate surface area is 133 Å². The summed E-state index contributed by atoms with van der Waals surface area (Å²) in [5.74, 6) is 0. The molecule has 0 spiro atoms. The lowest BCUT2D eigenvalue weighted by molar-refractivity contribution is -0.387. The minimum atomic E-state index is -4.39. The molecule has 0 heterocycles. The number of anilines is 1. The van der Waals surface area contributed by atoms with Crippen LogP contribution in [0.5, 0.6) is 0 Å². The molecule has 0 saturated heterocycles. The number of aryl methyl sites for hydroxylation is 1. The van der Waals surface area contributed by atoms with Crippen molar-refractivity contribution in [1.82, 2.24) is 0 Å². The fourth-order valence-electron chi connectivity index (χ4n) is 2.12. The summed E-state index contributed by atoms with van der Waals surface area (Å²) < 4.78 is 26.0. The number of para-hydroxylation sites is 1. The molecule has 8 heteroatoms. The Morgan fingerprint density at radius 3 is 2.39 bits per heavy atom. The third-order valence-corrected chi connectivity index (χ3v) is 5.13. The predicted octanol–water partition coefficient (Wildman–Crippen LogP) is 2.89. The van der Waals surface area contributed by atoms with Crippen LogP contribution in [0.1, 0.15) is 11.1 Å². The molecule has 118 valence electrons. The Morgan fingerprint density at radius 1 is 1.13 bits per heavy atom. The first kappa shape index (κ1) is 16.5. The number of hydrogen-bond donors (Lipinski definition) is 0. The summed E-state index contributed by atoms with van der Waals surface area (Å²) in [6, 6.07) is 9.83. The maximum atomic E-state index is 12.8. The van der Waals surface area contributed by atoms with Gasteiger partial charge in [0.15, 0.2) is 11.1 Å². The third-order valence-electron chi connectivity index (χ3n) is 3.47. The number of benzene rings is 2. The van der Waals surface area contributed by atoms with Crippen LogP contribution in [0.3, 0.4) is 0 Å². The van der Waals surface area contributed by atoms with Crippen LogP contribution in [0, 0.1) is 35.4 Å². The third kappa shape index (κ3) is 2.86. The van der Waals surface area contributed by atoms with E-state index in [1.54, 1.807) is 32.2 Å². The largest absolute Gasteiger partial charge is 0.289 e. The first-order valence-electron chi connectivity index (χ1n) is 6.55. The molecule has 0 aromatic heterocycles. The highest BCUT2D eigenvalue weighted by Gasteiger charge is 2.32. The van der Waals surface area contributed by atoms with Gasteiger partial charge in [-0.2, -0.15) is 18.0 Å². The Morgan fingerprint density at radius 2 is 1.78 bits per heavy atom. The van der Waals surface area contributed by atoms with Gasteiger partial charge in [0, 0.05) is 6.07 Å². The topological polar surface area (TPSA) is 104 Å². The van der Waals surface area contributed by atoms with Crippen LogP contribution in [0.25, 0.3) is 0 Å². The normalized spacial score (nSPS) is 10.8. The number of nitriles is 1. The van der Waals surface area contributed by atoms with Gasteiger partial charge in [0.05, 0.1) is 10.6 Å². The van der Waals surface area contributed by atoms with Crippen molar-refractivity contribution in [2.75, 3.05) is 4.31 Å². The summed E-state index contributed by atoms with van der Waals surface area (Å²) in [6.45, 7) is 3.47. The van der Waals surface area contributed by atoms with Crippen LogP contribution in [0.15, 0.2) is 47.4 Å². The van der Waals surface area contributed by atoms with E-state index in [1.807, 2.05) is 0 Å². The van der Waals surface area contributed by atoms with Gasteiger partial charge in [0.25, 0.3) is 15.7 Å². The molecule has 0 atom stereocenters. The van der Waals surface area contributed by atoms with Crippen molar-refractivity contribution in [3.63, 3.8) is 0 Å². The molecule has 2 rings (SSSR count). The summed E-state index contributed by atoms with van der Waals surface area (Å²) in [6.07, 6.45) is 1.61. The molecule has 23 heavy (non-hydrogen) atoms. The fraction of sp³-hybridized carbons (Fsp3) is 0.133. The Balaban J connectivity index is 2.69. The first-order chi connectivity index (χ1) is 10.8. The van der Waals surface area contributed by atoms with Crippen molar-refractivity contribution in [3.05, 3.63) is 63.7 Å². The zero-order valence-corrected chi connectivity index (χ0v) is 13.2. The number of rotatable bonds is 4. The lowest BCUT2D eigenvalue weighted by Gasteiger charge is -2.19. The number of hydrogen-bond acceptors (Lipinski definition) is 5. The van der Waals surface area contributed by atoms with Crippen molar-refractivity contribution in [2.24, 2.45) is 0 Å². The van der Waals surface area contributed by atoms with E-state index < -0.39 is 25.5 Å². The van der Waals surface area contributed by atoms with Crippen LogP contribution < -0.4 is 4.31 Å². The minimum absolute atomic E-state index is 0.172. The molecule has 0 fully saturated rings. The highest BCUT2D eigenvalue weighted by atomic mass is 32.2. The van der Waals surface area contributed by atoms with Crippen molar-refractivity contribution in [2.45, 2.75) is 18.7 Å². The van der Waals surface area contributed by atoms with Gasteiger partial charge >= 0.3 is 0 Å². The van der Waals surface area contributed by atoms with Gasteiger partial charge in [-0.05, 0) is 37.1 Å². The Hall–Kier alpha value is -2.92. The van der Waals surface area contributed by atoms with Crippen molar-refractivity contribution >= 4 is 21.4 Å². The quantitative estimate of drug-likeness (QED) is 0.371. The lowest BCUT2D eigenvalue weighted by atomic mass is 10.1. The molecular weight excluding hydrogens is 318 g/mol. The Bertz CT molecular complexity index is 917. The van der Waals surface area contributed by atoms with E-state index in [-0.39, 0.29) is 5.69 Å². The van der Waals surface area contributed by atoms with Crippen LogP contribution in [0.4, 0.5) is 11.4 Å². The highest BCUT2D eigenvalue weighted by molar-refractivity contribution is 7.93. The van der Waals surface area contributed by atoms with Crippen LogP contribution in [0.2, 0.25) is 0 Å². The van der Waals surface area contributed by atoms with E-state index in [2.05, 4.69) is 0 Å². The summed E-state index contributed by atoms with van der Waals surface area (Å²) in [5.41, 5.74) is 1.01. The molecule has 7 nitrogen and oxygen atoms in total. The maximum Gasteiger partial charge on any atom is 0.289 e. The summed E-state index contributed by atoms with van der Waals surface area (Å²) in [7, 11) is -4.39. The van der Waals surface area contributed by atoms with Crippen LogP contribution >= 0.6 is 0 Å². The molecule has 2 aromatic carbocycles. The fourth-order valence-corrected chi connectivity index (χ4v) is 3.54. The highest BCUT2D eigenvalue weighted by Crippen LogP contribution is 2.31. The maximum absolute atomic E-state index is 12.8.